The summed E-state index contributed by atoms with van der Waals surface area (Å²) in [6, 6.07) is 10.5. The van der Waals surface area contributed by atoms with E-state index in [4.69, 9.17) is 38.9 Å². The molecule has 0 radical (unpaired) electrons. The van der Waals surface area contributed by atoms with Crippen molar-refractivity contribution in [1.29, 1.82) is 5.26 Å². The van der Waals surface area contributed by atoms with Crippen LogP contribution in [0.25, 0.3) is 0 Å². The van der Waals surface area contributed by atoms with E-state index in [1.807, 2.05) is 0 Å². The summed E-state index contributed by atoms with van der Waals surface area (Å²) in [7, 11) is -1.54. The summed E-state index contributed by atoms with van der Waals surface area (Å²) in [5, 5.41) is 12.4. The quantitative estimate of drug-likeness (QED) is 0.564. The van der Waals surface area contributed by atoms with E-state index in [1.165, 1.54) is 18.2 Å². The summed E-state index contributed by atoms with van der Waals surface area (Å²) in [4.78, 5) is 12.7. The maximum absolute atomic E-state index is 13.9. The highest BCUT2D eigenvalue weighted by Crippen LogP contribution is 2.36. The number of carbonyl (C=O) groups excluding carboxylic acids is 1. The van der Waals surface area contributed by atoms with Crippen molar-refractivity contribution in [3.05, 3.63) is 57.8 Å². The maximum atomic E-state index is 13.9. The molecule has 0 saturated carbocycles. The third-order valence-corrected chi connectivity index (χ3v) is 7.27. The van der Waals surface area contributed by atoms with Crippen LogP contribution in [0.5, 0.6) is 5.75 Å². The van der Waals surface area contributed by atoms with Crippen LogP contribution < -0.4 is 15.8 Å². The Kier molecular flexibility index (Phi) is 7.66. The number of nitrogens with two attached hydrogens (primary N) is 1. The van der Waals surface area contributed by atoms with Gasteiger partial charge in [-0.3, -0.25) is 4.79 Å². The summed E-state index contributed by atoms with van der Waals surface area (Å²) in [6.07, 6.45) is 0. The Labute approximate surface area is 204 Å². The lowest BCUT2D eigenvalue weighted by molar-refractivity contribution is -0.126. The first-order valence-electron chi connectivity index (χ1n) is 9.96. The lowest BCUT2D eigenvalue weighted by atomic mass is 9.82. The molecule has 0 aromatic heterocycles. The van der Waals surface area contributed by atoms with Crippen LogP contribution in [0.1, 0.15) is 19.4 Å². The Balaban J connectivity index is 1.73. The van der Waals surface area contributed by atoms with Gasteiger partial charge in [0.05, 0.1) is 27.6 Å². The van der Waals surface area contributed by atoms with Gasteiger partial charge in [-0.25, -0.2) is 12.9 Å². The van der Waals surface area contributed by atoms with Crippen LogP contribution in [0.3, 0.4) is 0 Å². The number of halogens is 3. The Morgan fingerprint density at radius 1 is 1.33 bits per heavy atom. The molecule has 2 aromatic rings. The molecule has 1 amide bonds. The molecule has 2 aromatic carbocycles. The van der Waals surface area contributed by atoms with Gasteiger partial charge in [0.2, 0.25) is 5.91 Å². The third kappa shape index (κ3) is 6.02. The highest BCUT2D eigenvalue weighted by Gasteiger charge is 2.47. The van der Waals surface area contributed by atoms with Crippen molar-refractivity contribution in [3.63, 3.8) is 0 Å². The molecule has 1 aliphatic rings. The standard InChI is InChI=1S/C22H23Cl2FN4O3S/c1-21(2,27)20(30)28-10-22(13-32-16-5-3-14(9-26)18(25)8-16)11-29(12-22)33(31)19-6-4-15(23)7-17(19)24/h3-8H,10-13,27H2,1-2H3,(H,28,30). The van der Waals surface area contributed by atoms with Crippen molar-refractivity contribution in [2.45, 2.75) is 24.3 Å². The van der Waals surface area contributed by atoms with Gasteiger partial charge in [-0.15, -0.1) is 0 Å². The highest BCUT2D eigenvalue weighted by atomic mass is 35.5. The number of rotatable bonds is 8. The maximum Gasteiger partial charge on any atom is 0.239 e. The number of benzene rings is 2. The third-order valence-electron chi connectivity index (χ3n) is 5.16. The van der Waals surface area contributed by atoms with Gasteiger partial charge in [0.15, 0.2) is 0 Å². The largest absolute Gasteiger partial charge is 0.493 e. The SMILES string of the molecule is CC(C)(N)C(=O)NCC1(COc2ccc(C#N)c(F)c2)CN(S(=O)c2ccc(Cl)cc2Cl)C1. The van der Waals surface area contributed by atoms with Gasteiger partial charge in [0.1, 0.15) is 28.6 Å². The van der Waals surface area contributed by atoms with Gasteiger partial charge in [-0.1, -0.05) is 23.2 Å². The van der Waals surface area contributed by atoms with Crippen LogP contribution in [0.15, 0.2) is 41.3 Å². The van der Waals surface area contributed by atoms with Crippen molar-refractivity contribution < 1.29 is 18.1 Å². The van der Waals surface area contributed by atoms with E-state index in [0.717, 1.165) is 6.07 Å². The Bertz CT molecular complexity index is 1130. The van der Waals surface area contributed by atoms with E-state index in [9.17, 15) is 13.4 Å². The second kappa shape index (κ2) is 9.95. The van der Waals surface area contributed by atoms with Gasteiger partial charge < -0.3 is 15.8 Å². The number of nitriles is 1. The monoisotopic (exact) mass is 512 g/mol. The topological polar surface area (TPSA) is 108 Å². The molecule has 1 fully saturated rings. The van der Waals surface area contributed by atoms with Gasteiger partial charge in [0.25, 0.3) is 0 Å². The molecule has 0 aliphatic carbocycles. The van der Waals surface area contributed by atoms with Crippen molar-refractivity contribution in [3.8, 4) is 11.8 Å². The molecule has 1 unspecified atom stereocenters. The summed E-state index contributed by atoms with van der Waals surface area (Å²) in [6.45, 7) is 4.16. The number of hydrogen-bond donors (Lipinski definition) is 2. The van der Waals surface area contributed by atoms with E-state index in [1.54, 1.807) is 36.4 Å². The molecule has 3 rings (SSSR count). The summed E-state index contributed by atoms with van der Waals surface area (Å²) >= 11 is 12.1. The van der Waals surface area contributed by atoms with E-state index < -0.39 is 27.8 Å². The molecule has 11 heteroatoms. The molecule has 1 saturated heterocycles. The molecule has 0 spiro atoms. The van der Waals surface area contributed by atoms with Crippen LogP contribution in [0.4, 0.5) is 4.39 Å². The lowest BCUT2D eigenvalue weighted by Crippen LogP contribution is -2.64. The van der Waals surface area contributed by atoms with Crippen LogP contribution in [-0.4, -0.2) is 46.2 Å². The summed E-state index contributed by atoms with van der Waals surface area (Å²) in [5.74, 6) is -0.778. The number of amides is 1. The average Bonchev–Trinajstić information content (AvgIpc) is 2.71. The number of nitrogens with zero attached hydrogens (tertiary/aromatic N) is 2. The summed E-state index contributed by atoms with van der Waals surface area (Å²) < 4.78 is 34.4. The van der Waals surface area contributed by atoms with Crippen molar-refractivity contribution >= 4 is 40.1 Å². The van der Waals surface area contributed by atoms with Crippen LogP contribution in [0.2, 0.25) is 10.0 Å². The van der Waals surface area contributed by atoms with Crippen LogP contribution in [-0.2, 0) is 15.8 Å². The zero-order valence-electron chi connectivity index (χ0n) is 18.0. The van der Waals surface area contributed by atoms with Gasteiger partial charge in [-0.2, -0.15) is 5.26 Å². The first-order chi connectivity index (χ1) is 15.4. The molecular weight excluding hydrogens is 490 g/mol. The zero-order chi connectivity index (χ0) is 24.4. The molecule has 1 heterocycles. The second-order valence-electron chi connectivity index (χ2n) is 8.57. The van der Waals surface area contributed by atoms with Crippen molar-refractivity contribution in [2.75, 3.05) is 26.2 Å². The fourth-order valence-electron chi connectivity index (χ4n) is 3.24. The van der Waals surface area contributed by atoms with Gasteiger partial charge in [-0.05, 0) is 44.2 Å². The fraction of sp³-hybridized carbons (Fsp3) is 0.364. The van der Waals surface area contributed by atoms with Crippen LogP contribution >= 0.6 is 23.2 Å². The van der Waals surface area contributed by atoms with Gasteiger partial charge in [0, 0.05) is 36.1 Å². The summed E-state index contributed by atoms with van der Waals surface area (Å²) in [5.41, 5.74) is 4.11. The number of ether oxygens (including phenoxy) is 1. The highest BCUT2D eigenvalue weighted by molar-refractivity contribution is 7.82. The Morgan fingerprint density at radius 2 is 2.03 bits per heavy atom. The Morgan fingerprint density at radius 3 is 2.61 bits per heavy atom. The van der Waals surface area contributed by atoms with E-state index in [2.05, 4.69) is 5.32 Å². The fourth-order valence-corrected chi connectivity index (χ4v) is 5.31. The first-order valence-corrected chi connectivity index (χ1v) is 11.8. The van der Waals surface area contributed by atoms with E-state index >= 15 is 0 Å². The molecule has 176 valence electrons. The smallest absolute Gasteiger partial charge is 0.239 e. The average molecular weight is 513 g/mol. The van der Waals surface area contributed by atoms with E-state index in [0.29, 0.717) is 28.0 Å². The Hall–Kier alpha value is -2.22. The molecular formula is C22H23Cl2FN4O3S. The molecule has 0 bridgehead atoms. The predicted octanol–water partition coefficient (Wildman–Crippen LogP) is 3.26. The normalized spacial score (nSPS) is 16.4. The first kappa shape index (κ1) is 25.4. The molecule has 33 heavy (non-hydrogen) atoms. The molecule has 1 atom stereocenters. The number of nitrogens with one attached hydrogen (secondary N) is 1. The lowest BCUT2D eigenvalue weighted by Gasteiger charge is -2.48. The van der Waals surface area contributed by atoms with Crippen molar-refractivity contribution in [1.82, 2.24) is 9.62 Å². The molecule has 7 nitrogen and oxygen atoms in total. The minimum atomic E-state index is -1.54. The van der Waals surface area contributed by atoms with Crippen molar-refractivity contribution in [2.24, 2.45) is 11.1 Å². The molecule has 1 aliphatic heterocycles. The van der Waals surface area contributed by atoms with E-state index in [-0.39, 0.29) is 30.4 Å². The number of carbonyl (C=O) groups is 1. The minimum absolute atomic E-state index is 0.0837. The zero-order valence-corrected chi connectivity index (χ0v) is 20.4. The second-order valence-corrected chi connectivity index (χ2v) is 10.9. The predicted molar refractivity (Wildman–Crippen MR) is 125 cm³/mol. The van der Waals surface area contributed by atoms with Crippen LogP contribution in [0, 0.1) is 22.6 Å². The molecule has 3 N–H and O–H groups in total. The minimum Gasteiger partial charge on any atom is -0.493 e. The number of hydrogen-bond acceptors (Lipinski definition) is 5. The van der Waals surface area contributed by atoms with Gasteiger partial charge >= 0.3 is 0 Å².